The number of nitrogens with one attached hydrogen (secondary N) is 1. The highest BCUT2D eigenvalue weighted by Crippen LogP contribution is 2.31. The van der Waals surface area contributed by atoms with Gasteiger partial charge >= 0.3 is 6.18 Å². The van der Waals surface area contributed by atoms with Gasteiger partial charge < -0.3 is 15.2 Å². The van der Waals surface area contributed by atoms with E-state index in [1.54, 1.807) is 13.0 Å². The summed E-state index contributed by atoms with van der Waals surface area (Å²) in [7, 11) is 0. The molecule has 114 valence electrons. The van der Waals surface area contributed by atoms with E-state index >= 15 is 0 Å². The van der Waals surface area contributed by atoms with Gasteiger partial charge in [0.15, 0.2) is 0 Å². The Bertz CT molecular complexity index is 821. The lowest BCUT2D eigenvalue weighted by Gasteiger charge is -2.01. The van der Waals surface area contributed by atoms with E-state index in [9.17, 15) is 13.2 Å². The molecule has 22 heavy (non-hydrogen) atoms. The Kier molecular flexibility index (Phi) is 3.12. The number of alkyl halides is 3. The fourth-order valence-electron chi connectivity index (χ4n) is 1.84. The van der Waals surface area contributed by atoms with Crippen LogP contribution in [-0.2, 0) is 6.18 Å². The van der Waals surface area contributed by atoms with Crippen molar-refractivity contribution in [3.05, 3.63) is 35.7 Å². The van der Waals surface area contributed by atoms with Crippen molar-refractivity contribution in [2.24, 2.45) is 0 Å². The van der Waals surface area contributed by atoms with Gasteiger partial charge in [-0.15, -0.1) is 0 Å². The molecule has 0 saturated heterocycles. The van der Waals surface area contributed by atoms with Crippen molar-refractivity contribution in [3.8, 4) is 23.0 Å². The van der Waals surface area contributed by atoms with E-state index in [0.717, 1.165) is 11.6 Å². The zero-order valence-electron chi connectivity index (χ0n) is 11.3. The third-order valence-electron chi connectivity index (χ3n) is 3.02. The molecular formula is C13H10F3N5O. The van der Waals surface area contributed by atoms with Gasteiger partial charge in [-0.05, 0) is 30.7 Å². The Morgan fingerprint density at radius 3 is 2.68 bits per heavy atom. The van der Waals surface area contributed by atoms with Crippen molar-refractivity contribution in [3.63, 3.8) is 0 Å². The molecule has 0 saturated carbocycles. The van der Waals surface area contributed by atoms with E-state index in [-0.39, 0.29) is 17.4 Å². The molecule has 9 heteroatoms. The number of aromatic amines is 1. The van der Waals surface area contributed by atoms with Gasteiger partial charge in [0.05, 0.1) is 0 Å². The van der Waals surface area contributed by atoms with Crippen LogP contribution in [0, 0.1) is 6.92 Å². The largest absolute Gasteiger partial charge is 0.431 e. The van der Waals surface area contributed by atoms with Crippen molar-refractivity contribution in [1.29, 1.82) is 0 Å². The molecule has 0 radical (unpaired) electrons. The predicted octanol–water partition coefficient (Wildman–Crippen LogP) is 3.04. The molecule has 0 aliphatic rings. The van der Waals surface area contributed by atoms with Gasteiger partial charge in [-0.25, -0.2) is 4.98 Å². The minimum Gasteiger partial charge on any atom is -0.383 e. The van der Waals surface area contributed by atoms with E-state index in [0.29, 0.717) is 11.4 Å². The van der Waals surface area contributed by atoms with Crippen molar-refractivity contribution >= 4 is 5.82 Å². The van der Waals surface area contributed by atoms with Gasteiger partial charge in [0.2, 0.25) is 5.82 Å². The van der Waals surface area contributed by atoms with Gasteiger partial charge in [0.1, 0.15) is 17.2 Å². The second-order valence-corrected chi connectivity index (χ2v) is 4.63. The average molecular weight is 309 g/mol. The first-order chi connectivity index (χ1) is 10.3. The zero-order chi connectivity index (χ0) is 15.9. The number of hydrogen-bond acceptors (Lipinski definition) is 5. The summed E-state index contributed by atoms with van der Waals surface area (Å²) in [6, 6.07) is 3.85. The van der Waals surface area contributed by atoms with Crippen LogP contribution in [0.3, 0.4) is 0 Å². The molecule has 3 aromatic rings. The normalized spacial score (nSPS) is 11.8. The summed E-state index contributed by atoms with van der Waals surface area (Å²) >= 11 is 0. The number of H-pyrrole nitrogens is 1. The Hall–Kier alpha value is -2.84. The van der Waals surface area contributed by atoms with E-state index in [2.05, 4.69) is 20.1 Å². The molecule has 0 amide bonds. The molecule has 6 nitrogen and oxygen atoms in total. The summed E-state index contributed by atoms with van der Waals surface area (Å²) < 4.78 is 42.6. The SMILES string of the molecule is Cc1cc(-c2noc(-c3ccc(C(F)(F)F)[nH]3)n2)cnc1N. The molecule has 3 N–H and O–H groups in total. The summed E-state index contributed by atoms with van der Waals surface area (Å²) in [4.78, 5) is 10.2. The molecule has 3 rings (SSSR count). The van der Waals surface area contributed by atoms with Crippen LogP contribution in [0.4, 0.5) is 19.0 Å². The molecule has 3 aromatic heterocycles. The van der Waals surface area contributed by atoms with Crippen molar-refractivity contribution in [2.45, 2.75) is 13.1 Å². The minimum atomic E-state index is -4.46. The van der Waals surface area contributed by atoms with E-state index in [1.165, 1.54) is 12.3 Å². The van der Waals surface area contributed by atoms with Crippen LogP contribution >= 0.6 is 0 Å². The van der Waals surface area contributed by atoms with Gasteiger partial charge in [-0.1, -0.05) is 5.16 Å². The maximum absolute atomic E-state index is 12.6. The van der Waals surface area contributed by atoms with Gasteiger partial charge in [-0.2, -0.15) is 18.2 Å². The Labute approximate surface area is 122 Å². The number of pyridine rings is 1. The maximum Gasteiger partial charge on any atom is 0.431 e. The van der Waals surface area contributed by atoms with E-state index < -0.39 is 11.9 Å². The molecule has 0 atom stereocenters. The second kappa shape index (κ2) is 4.86. The fraction of sp³-hybridized carbons (Fsp3) is 0.154. The monoisotopic (exact) mass is 309 g/mol. The predicted molar refractivity (Wildman–Crippen MR) is 71.5 cm³/mol. The summed E-state index contributed by atoms with van der Waals surface area (Å²) in [5, 5.41) is 3.74. The lowest BCUT2D eigenvalue weighted by Crippen LogP contribution is -2.04. The Balaban J connectivity index is 1.93. The zero-order valence-corrected chi connectivity index (χ0v) is 11.3. The fourth-order valence-corrected chi connectivity index (χ4v) is 1.84. The van der Waals surface area contributed by atoms with Crippen LogP contribution in [0.2, 0.25) is 0 Å². The van der Waals surface area contributed by atoms with Crippen LogP contribution in [0.1, 0.15) is 11.3 Å². The smallest absolute Gasteiger partial charge is 0.383 e. The molecule has 0 bridgehead atoms. The third-order valence-corrected chi connectivity index (χ3v) is 3.02. The number of nitrogen functional groups attached to an aromatic ring is 1. The number of nitrogens with zero attached hydrogens (tertiary/aromatic N) is 3. The molecule has 0 unspecified atom stereocenters. The van der Waals surface area contributed by atoms with Gasteiger partial charge in [0, 0.05) is 11.8 Å². The number of aryl methyl sites for hydroxylation is 1. The van der Waals surface area contributed by atoms with Crippen molar-refractivity contribution in [1.82, 2.24) is 20.1 Å². The number of halogens is 3. The van der Waals surface area contributed by atoms with Crippen LogP contribution in [0.15, 0.2) is 28.9 Å². The third kappa shape index (κ3) is 2.52. The highest BCUT2D eigenvalue weighted by molar-refractivity contribution is 5.60. The standard InChI is InChI=1S/C13H10F3N5O/c1-6-4-7(5-18-10(6)17)11-20-12(22-21-11)8-2-3-9(19-8)13(14,15)16/h2-5,19H,1H3,(H2,17,18). The maximum atomic E-state index is 12.6. The van der Waals surface area contributed by atoms with E-state index in [1.807, 2.05) is 0 Å². The lowest BCUT2D eigenvalue weighted by atomic mass is 10.2. The average Bonchev–Trinajstić information content (AvgIpc) is 3.08. The topological polar surface area (TPSA) is 93.6 Å². The first-order valence-corrected chi connectivity index (χ1v) is 6.17. The van der Waals surface area contributed by atoms with Crippen LogP contribution in [0.25, 0.3) is 23.0 Å². The molecule has 3 heterocycles. The lowest BCUT2D eigenvalue weighted by molar-refractivity contribution is -0.140. The number of aromatic nitrogens is 4. The second-order valence-electron chi connectivity index (χ2n) is 4.63. The summed E-state index contributed by atoms with van der Waals surface area (Å²) in [6.07, 6.45) is -2.99. The number of nitrogens with two attached hydrogens (primary N) is 1. The summed E-state index contributed by atoms with van der Waals surface area (Å²) in [5.74, 6) is 0.556. The molecule has 0 aliphatic heterocycles. The first kappa shape index (κ1) is 14.1. The highest BCUT2D eigenvalue weighted by Gasteiger charge is 2.32. The van der Waals surface area contributed by atoms with Crippen LogP contribution in [0.5, 0.6) is 0 Å². The summed E-state index contributed by atoms with van der Waals surface area (Å²) in [5.41, 5.74) is 6.13. The van der Waals surface area contributed by atoms with Gasteiger partial charge in [0.25, 0.3) is 5.89 Å². The van der Waals surface area contributed by atoms with Gasteiger partial charge in [-0.3, -0.25) is 0 Å². The molecule has 0 spiro atoms. The van der Waals surface area contributed by atoms with Crippen molar-refractivity contribution < 1.29 is 17.7 Å². The van der Waals surface area contributed by atoms with Crippen LogP contribution < -0.4 is 5.73 Å². The molecule has 0 aliphatic carbocycles. The van der Waals surface area contributed by atoms with Crippen LogP contribution in [-0.4, -0.2) is 20.1 Å². The Morgan fingerprint density at radius 1 is 1.27 bits per heavy atom. The van der Waals surface area contributed by atoms with E-state index in [4.69, 9.17) is 10.3 Å². The number of rotatable bonds is 2. The molecular weight excluding hydrogens is 299 g/mol. The molecule has 0 fully saturated rings. The highest BCUT2D eigenvalue weighted by atomic mass is 19.4. The molecule has 0 aromatic carbocycles. The number of anilines is 1. The Morgan fingerprint density at radius 2 is 2.05 bits per heavy atom. The van der Waals surface area contributed by atoms with Crippen molar-refractivity contribution in [2.75, 3.05) is 5.73 Å². The minimum absolute atomic E-state index is 0.0417. The summed E-state index contributed by atoms with van der Waals surface area (Å²) in [6.45, 7) is 1.77. The first-order valence-electron chi connectivity index (χ1n) is 6.17. The quantitative estimate of drug-likeness (QED) is 0.759. The number of hydrogen-bond donors (Lipinski definition) is 2.